The van der Waals surface area contributed by atoms with Crippen molar-refractivity contribution in [2.24, 2.45) is 0 Å². The van der Waals surface area contributed by atoms with Crippen LogP contribution in [0.3, 0.4) is 0 Å². The monoisotopic (exact) mass is 197 g/mol. The Kier molecular flexibility index (Phi) is 2.56. The van der Waals surface area contributed by atoms with Crippen LogP contribution in [0.15, 0.2) is 0 Å². The lowest BCUT2D eigenvalue weighted by molar-refractivity contribution is -0.121. The molecule has 78 valence electrons. The molecule has 0 aromatic heterocycles. The Labute approximate surface area is 82.8 Å². The molecule has 1 heterocycles. The molecule has 1 saturated carbocycles. The summed E-state index contributed by atoms with van der Waals surface area (Å²) in [6, 6.07) is 0.262. The number of carbonyl (C=O) groups is 2. The molecule has 0 aromatic carbocycles. The Balaban J connectivity index is 1.86. The molecule has 5 heteroatoms. The highest BCUT2D eigenvalue weighted by Crippen LogP contribution is 2.18. The second-order valence-electron chi connectivity index (χ2n) is 3.85. The number of rotatable bonds is 1. The minimum absolute atomic E-state index is 0.0616. The maximum absolute atomic E-state index is 11.6. The van der Waals surface area contributed by atoms with Crippen LogP contribution in [0.25, 0.3) is 0 Å². The van der Waals surface area contributed by atoms with Crippen LogP contribution in [0, 0.1) is 0 Å². The summed E-state index contributed by atoms with van der Waals surface area (Å²) in [5.41, 5.74) is 0. The van der Waals surface area contributed by atoms with Crippen molar-refractivity contribution in [1.29, 1.82) is 0 Å². The number of nitrogens with one attached hydrogen (secondary N) is 2. The van der Waals surface area contributed by atoms with E-state index < -0.39 is 0 Å². The standard InChI is InChI=1S/C9H15N3O2/c13-8-6-12(5-1-4-10-8)9(14)11-7-2-3-7/h7H,1-6H2,(H,10,13)(H,11,14). The molecule has 1 aliphatic heterocycles. The van der Waals surface area contributed by atoms with E-state index in [-0.39, 0.29) is 18.5 Å². The number of carbonyl (C=O) groups excluding carboxylic acids is 2. The van der Waals surface area contributed by atoms with Crippen molar-refractivity contribution in [1.82, 2.24) is 15.5 Å². The predicted molar refractivity (Wildman–Crippen MR) is 50.8 cm³/mol. The number of hydrogen-bond donors (Lipinski definition) is 2. The van der Waals surface area contributed by atoms with Gasteiger partial charge in [0.15, 0.2) is 0 Å². The molecule has 0 aromatic rings. The van der Waals surface area contributed by atoms with E-state index in [4.69, 9.17) is 0 Å². The van der Waals surface area contributed by atoms with Crippen molar-refractivity contribution < 1.29 is 9.59 Å². The van der Waals surface area contributed by atoms with Gasteiger partial charge in [0.25, 0.3) is 0 Å². The number of hydrogen-bond acceptors (Lipinski definition) is 2. The molecule has 0 radical (unpaired) electrons. The summed E-state index contributed by atoms with van der Waals surface area (Å²) < 4.78 is 0. The van der Waals surface area contributed by atoms with Crippen LogP contribution in [0.1, 0.15) is 19.3 Å². The predicted octanol–water partition coefficient (Wildman–Crippen LogP) is -0.320. The average Bonchev–Trinajstić information content (AvgIpc) is 2.93. The third kappa shape index (κ3) is 2.37. The highest BCUT2D eigenvalue weighted by atomic mass is 16.2. The lowest BCUT2D eigenvalue weighted by Gasteiger charge is -2.19. The van der Waals surface area contributed by atoms with E-state index >= 15 is 0 Å². The van der Waals surface area contributed by atoms with Crippen LogP contribution in [0.4, 0.5) is 4.79 Å². The highest BCUT2D eigenvalue weighted by molar-refractivity contribution is 5.84. The highest BCUT2D eigenvalue weighted by Gasteiger charge is 2.27. The molecule has 2 rings (SSSR count). The fraction of sp³-hybridized carbons (Fsp3) is 0.778. The topological polar surface area (TPSA) is 61.4 Å². The number of nitrogens with zero attached hydrogens (tertiary/aromatic N) is 1. The third-order valence-electron chi connectivity index (χ3n) is 2.45. The van der Waals surface area contributed by atoms with Crippen LogP contribution in [-0.4, -0.2) is 42.5 Å². The molecular formula is C9H15N3O2. The van der Waals surface area contributed by atoms with Crippen LogP contribution < -0.4 is 10.6 Å². The Morgan fingerprint density at radius 3 is 3.00 bits per heavy atom. The molecule has 0 atom stereocenters. The van der Waals surface area contributed by atoms with Crippen LogP contribution in [0.5, 0.6) is 0 Å². The van der Waals surface area contributed by atoms with Gasteiger partial charge >= 0.3 is 6.03 Å². The van der Waals surface area contributed by atoms with Crippen molar-refractivity contribution in [3.63, 3.8) is 0 Å². The summed E-state index contributed by atoms with van der Waals surface area (Å²) >= 11 is 0. The fourth-order valence-electron chi connectivity index (χ4n) is 1.47. The van der Waals surface area contributed by atoms with Gasteiger partial charge < -0.3 is 15.5 Å². The Hall–Kier alpha value is -1.26. The van der Waals surface area contributed by atoms with Gasteiger partial charge in [0, 0.05) is 19.1 Å². The second-order valence-corrected chi connectivity index (χ2v) is 3.85. The molecule has 0 spiro atoms. The maximum Gasteiger partial charge on any atom is 0.318 e. The zero-order valence-corrected chi connectivity index (χ0v) is 8.08. The first-order valence-corrected chi connectivity index (χ1v) is 5.08. The van der Waals surface area contributed by atoms with E-state index in [1.807, 2.05) is 0 Å². The summed E-state index contributed by atoms with van der Waals surface area (Å²) in [5, 5.41) is 5.62. The molecule has 3 amide bonds. The van der Waals surface area contributed by atoms with Crippen molar-refractivity contribution >= 4 is 11.9 Å². The van der Waals surface area contributed by atoms with Crippen molar-refractivity contribution in [3.8, 4) is 0 Å². The van der Waals surface area contributed by atoms with Crippen LogP contribution in [-0.2, 0) is 4.79 Å². The Bertz CT molecular complexity index is 250. The maximum atomic E-state index is 11.6. The molecular weight excluding hydrogens is 182 g/mol. The molecule has 0 bridgehead atoms. The van der Waals surface area contributed by atoms with Gasteiger partial charge in [0.05, 0.1) is 0 Å². The molecule has 0 unspecified atom stereocenters. The summed E-state index contributed by atoms with van der Waals surface area (Å²) in [5.74, 6) is -0.0616. The van der Waals surface area contributed by atoms with Gasteiger partial charge in [-0.3, -0.25) is 4.79 Å². The first kappa shape index (κ1) is 9.30. The molecule has 14 heavy (non-hydrogen) atoms. The quantitative estimate of drug-likeness (QED) is 0.605. The molecule has 1 saturated heterocycles. The molecule has 2 N–H and O–H groups in total. The van der Waals surface area contributed by atoms with Gasteiger partial charge in [-0.05, 0) is 19.3 Å². The van der Waals surface area contributed by atoms with Gasteiger partial charge in [-0.2, -0.15) is 0 Å². The first-order valence-electron chi connectivity index (χ1n) is 5.08. The first-order chi connectivity index (χ1) is 6.75. The summed E-state index contributed by atoms with van der Waals surface area (Å²) in [6.07, 6.45) is 2.99. The van der Waals surface area contributed by atoms with Gasteiger partial charge in [-0.1, -0.05) is 0 Å². The second kappa shape index (κ2) is 3.86. The van der Waals surface area contributed by atoms with Crippen molar-refractivity contribution in [3.05, 3.63) is 0 Å². The lowest BCUT2D eigenvalue weighted by Crippen LogP contribution is -2.44. The van der Waals surface area contributed by atoms with E-state index in [0.717, 1.165) is 19.3 Å². The third-order valence-corrected chi connectivity index (χ3v) is 2.45. The molecule has 1 aliphatic carbocycles. The van der Waals surface area contributed by atoms with Gasteiger partial charge in [-0.25, -0.2) is 4.79 Å². The molecule has 5 nitrogen and oxygen atoms in total. The van der Waals surface area contributed by atoms with E-state index in [1.54, 1.807) is 4.90 Å². The smallest absolute Gasteiger partial charge is 0.318 e. The van der Waals surface area contributed by atoms with Crippen molar-refractivity contribution in [2.45, 2.75) is 25.3 Å². The average molecular weight is 197 g/mol. The molecule has 2 fully saturated rings. The van der Waals surface area contributed by atoms with Crippen LogP contribution >= 0.6 is 0 Å². The largest absolute Gasteiger partial charge is 0.354 e. The zero-order chi connectivity index (χ0) is 9.97. The summed E-state index contributed by atoms with van der Waals surface area (Å²) in [6.45, 7) is 1.53. The Morgan fingerprint density at radius 1 is 1.50 bits per heavy atom. The number of urea groups is 1. The minimum Gasteiger partial charge on any atom is -0.354 e. The van der Waals surface area contributed by atoms with E-state index in [1.165, 1.54) is 0 Å². The number of amides is 3. The fourth-order valence-corrected chi connectivity index (χ4v) is 1.47. The van der Waals surface area contributed by atoms with Crippen molar-refractivity contribution in [2.75, 3.05) is 19.6 Å². The normalized spacial score (nSPS) is 22.6. The summed E-state index contributed by atoms with van der Waals surface area (Å²) in [4.78, 5) is 24.3. The van der Waals surface area contributed by atoms with E-state index in [2.05, 4.69) is 10.6 Å². The minimum atomic E-state index is -0.0930. The van der Waals surface area contributed by atoms with Gasteiger partial charge in [0.1, 0.15) is 6.54 Å². The van der Waals surface area contributed by atoms with E-state index in [0.29, 0.717) is 19.1 Å². The molecule has 2 aliphatic rings. The lowest BCUT2D eigenvalue weighted by atomic mass is 10.4. The summed E-state index contributed by atoms with van der Waals surface area (Å²) in [7, 11) is 0. The zero-order valence-electron chi connectivity index (χ0n) is 8.08. The van der Waals surface area contributed by atoms with Crippen LogP contribution in [0.2, 0.25) is 0 Å². The van der Waals surface area contributed by atoms with Gasteiger partial charge in [0.2, 0.25) is 5.91 Å². The SMILES string of the molecule is O=C1CN(C(=O)NC2CC2)CCCN1. The van der Waals surface area contributed by atoms with E-state index in [9.17, 15) is 9.59 Å². The van der Waals surface area contributed by atoms with Gasteiger partial charge in [-0.15, -0.1) is 0 Å². The Morgan fingerprint density at radius 2 is 2.29 bits per heavy atom.